The van der Waals surface area contributed by atoms with Crippen LogP contribution in [-0.4, -0.2) is 42.3 Å². The van der Waals surface area contributed by atoms with Crippen LogP contribution < -0.4 is 5.32 Å². The molecule has 1 amide bonds. The summed E-state index contributed by atoms with van der Waals surface area (Å²) in [6.45, 7) is 1.35. The molecular weight excluding hydrogens is 388 g/mol. The van der Waals surface area contributed by atoms with Crippen molar-refractivity contribution in [3.05, 3.63) is 45.0 Å². The van der Waals surface area contributed by atoms with Gasteiger partial charge in [0, 0.05) is 34.7 Å². The third kappa shape index (κ3) is 6.60. The number of hydrogen-bond donors (Lipinski definition) is 1. The maximum atomic E-state index is 12.0. The number of nitro groups is 1. The van der Waals surface area contributed by atoms with E-state index in [-0.39, 0.29) is 31.1 Å². The van der Waals surface area contributed by atoms with Crippen LogP contribution in [0.5, 0.6) is 0 Å². The van der Waals surface area contributed by atoms with E-state index < -0.39 is 35.2 Å². The third-order valence-corrected chi connectivity index (χ3v) is 5.20. The highest BCUT2D eigenvalue weighted by Crippen LogP contribution is 2.36. The van der Waals surface area contributed by atoms with Crippen LogP contribution in [0.4, 0.5) is 0 Å². The fourth-order valence-corrected chi connectivity index (χ4v) is 3.56. The summed E-state index contributed by atoms with van der Waals surface area (Å²) in [5.41, 5.74) is 1.01. The molecule has 1 fully saturated rings. The number of carbonyl (C=O) groups excluding carboxylic acids is 3. The van der Waals surface area contributed by atoms with Crippen LogP contribution in [-0.2, 0) is 25.5 Å². The van der Waals surface area contributed by atoms with Gasteiger partial charge in [-0.05, 0) is 30.0 Å². The molecule has 0 aromatic heterocycles. The molecule has 0 bridgehead atoms. The molecule has 0 unspecified atom stereocenters. The summed E-state index contributed by atoms with van der Waals surface area (Å²) < 4.78 is 4.93. The van der Waals surface area contributed by atoms with Crippen molar-refractivity contribution in [3.63, 3.8) is 0 Å². The second-order valence-corrected chi connectivity index (χ2v) is 7.46. The number of amides is 1. The van der Waals surface area contributed by atoms with Gasteiger partial charge < -0.3 is 10.1 Å². The van der Waals surface area contributed by atoms with Crippen molar-refractivity contribution in [2.24, 2.45) is 17.8 Å². The Morgan fingerprint density at radius 3 is 2.64 bits per heavy atom. The number of Topliss-reactive ketones (excluding diaryl/α,β-unsaturated/α-hetero) is 1. The Balaban J connectivity index is 1.72. The van der Waals surface area contributed by atoms with Crippen molar-refractivity contribution in [3.8, 4) is 0 Å². The average molecular weight is 411 g/mol. The lowest BCUT2D eigenvalue weighted by molar-refractivity contribution is -0.490. The van der Waals surface area contributed by atoms with Crippen LogP contribution in [0.25, 0.3) is 0 Å². The Labute approximate surface area is 167 Å². The SMILES string of the molecule is C[C@H]1CC(=O)[C@@H](CC(=O)OCC(=O)NCCc2ccc(Cl)cc2)[C@@H]1C[N+](=O)[O-]. The highest BCUT2D eigenvalue weighted by atomic mass is 35.5. The first-order valence-corrected chi connectivity index (χ1v) is 9.45. The van der Waals surface area contributed by atoms with Crippen LogP contribution >= 0.6 is 11.6 Å². The molecule has 9 heteroatoms. The molecule has 1 aromatic carbocycles. The molecule has 3 atom stereocenters. The van der Waals surface area contributed by atoms with E-state index in [4.69, 9.17) is 16.3 Å². The predicted molar refractivity (Wildman–Crippen MR) is 101 cm³/mol. The van der Waals surface area contributed by atoms with Crippen LogP contribution in [0.2, 0.25) is 5.02 Å². The minimum absolute atomic E-state index is 0.146. The number of hydrogen-bond acceptors (Lipinski definition) is 6. The second-order valence-electron chi connectivity index (χ2n) is 7.02. The van der Waals surface area contributed by atoms with E-state index in [2.05, 4.69) is 5.32 Å². The summed E-state index contributed by atoms with van der Waals surface area (Å²) in [6, 6.07) is 7.24. The topological polar surface area (TPSA) is 116 Å². The van der Waals surface area contributed by atoms with Gasteiger partial charge in [0.2, 0.25) is 6.54 Å². The van der Waals surface area contributed by atoms with Gasteiger partial charge >= 0.3 is 5.97 Å². The van der Waals surface area contributed by atoms with Gasteiger partial charge in [-0.2, -0.15) is 0 Å². The maximum absolute atomic E-state index is 12.0. The van der Waals surface area contributed by atoms with Gasteiger partial charge in [-0.15, -0.1) is 0 Å². The zero-order chi connectivity index (χ0) is 20.7. The Bertz CT molecular complexity index is 736. The number of esters is 1. The molecule has 0 saturated heterocycles. The van der Waals surface area contributed by atoms with E-state index in [1.54, 1.807) is 19.1 Å². The van der Waals surface area contributed by atoms with Crippen LogP contribution in [0, 0.1) is 27.9 Å². The maximum Gasteiger partial charge on any atom is 0.307 e. The Morgan fingerprint density at radius 2 is 2.00 bits per heavy atom. The number of nitrogens with zero attached hydrogens (tertiary/aromatic N) is 1. The number of carbonyl (C=O) groups is 3. The lowest BCUT2D eigenvalue weighted by Crippen LogP contribution is -2.32. The average Bonchev–Trinajstić information content (AvgIpc) is 2.88. The highest BCUT2D eigenvalue weighted by Gasteiger charge is 2.44. The van der Waals surface area contributed by atoms with Crippen molar-refractivity contribution in [2.75, 3.05) is 19.7 Å². The summed E-state index contributed by atoms with van der Waals surface area (Å²) in [5.74, 6) is -2.66. The van der Waals surface area contributed by atoms with Gasteiger partial charge in [-0.1, -0.05) is 30.7 Å². The van der Waals surface area contributed by atoms with Crippen molar-refractivity contribution < 1.29 is 24.0 Å². The third-order valence-electron chi connectivity index (χ3n) is 4.94. The molecule has 152 valence electrons. The molecule has 1 saturated carbocycles. The smallest absolute Gasteiger partial charge is 0.307 e. The standard InChI is InChI=1S/C19H23ClN2O6/c1-12-8-17(23)15(16(12)10-22(26)27)9-19(25)28-11-18(24)21-7-6-13-2-4-14(20)5-3-13/h2-5,12,15-16H,6-11H2,1H3,(H,21,24)/t12-,15-,16+/m0/s1. The molecule has 0 aliphatic heterocycles. The Morgan fingerprint density at radius 1 is 1.32 bits per heavy atom. The fourth-order valence-electron chi connectivity index (χ4n) is 3.43. The van der Waals surface area contributed by atoms with Gasteiger partial charge in [-0.3, -0.25) is 24.5 Å². The van der Waals surface area contributed by atoms with Gasteiger partial charge in [0.1, 0.15) is 5.78 Å². The summed E-state index contributed by atoms with van der Waals surface area (Å²) in [5, 5.41) is 14.1. The van der Waals surface area contributed by atoms with E-state index in [0.717, 1.165) is 5.56 Å². The lowest BCUT2D eigenvalue weighted by atomic mass is 9.88. The summed E-state index contributed by atoms with van der Waals surface area (Å²) >= 11 is 5.81. The minimum Gasteiger partial charge on any atom is -0.456 e. The molecule has 1 aliphatic rings. The van der Waals surface area contributed by atoms with Crippen LogP contribution in [0.3, 0.4) is 0 Å². The van der Waals surface area contributed by atoms with Crippen LogP contribution in [0.15, 0.2) is 24.3 Å². The van der Waals surface area contributed by atoms with E-state index in [0.29, 0.717) is 18.0 Å². The number of halogens is 1. The van der Waals surface area contributed by atoms with Crippen LogP contribution in [0.1, 0.15) is 25.3 Å². The van der Waals surface area contributed by atoms with E-state index in [1.807, 2.05) is 12.1 Å². The molecule has 28 heavy (non-hydrogen) atoms. The van der Waals surface area contributed by atoms with Crippen molar-refractivity contribution in [2.45, 2.75) is 26.2 Å². The normalized spacial score (nSPS) is 21.4. The Kier molecular flexibility index (Phi) is 7.92. The zero-order valence-electron chi connectivity index (χ0n) is 15.6. The molecule has 0 heterocycles. The molecule has 1 N–H and O–H groups in total. The van der Waals surface area contributed by atoms with Gasteiger partial charge in [-0.25, -0.2) is 0 Å². The van der Waals surface area contributed by atoms with E-state index >= 15 is 0 Å². The number of ether oxygens (including phenoxy) is 1. The first kappa shape index (κ1) is 21.8. The summed E-state index contributed by atoms with van der Waals surface area (Å²) in [7, 11) is 0. The molecule has 1 aliphatic carbocycles. The molecular formula is C19H23ClN2O6. The molecule has 1 aromatic rings. The van der Waals surface area contributed by atoms with E-state index in [9.17, 15) is 24.5 Å². The van der Waals surface area contributed by atoms with Gasteiger partial charge in [0.15, 0.2) is 6.61 Å². The quantitative estimate of drug-likeness (QED) is 0.378. The number of rotatable bonds is 9. The second kappa shape index (κ2) is 10.2. The number of benzene rings is 1. The number of nitrogens with one attached hydrogen (secondary N) is 1. The van der Waals surface area contributed by atoms with Crippen molar-refractivity contribution in [1.82, 2.24) is 5.32 Å². The Hall–Kier alpha value is -2.48. The first-order chi connectivity index (χ1) is 13.3. The first-order valence-electron chi connectivity index (χ1n) is 9.07. The zero-order valence-corrected chi connectivity index (χ0v) is 16.3. The monoisotopic (exact) mass is 410 g/mol. The molecule has 0 spiro atoms. The highest BCUT2D eigenvalue weighted by molar-refractivity contribution is 6.30. The van der Waals surface area contributed by atoms with Crippen molar-refractivity contribution >= 4 is 29.3 Å². The minimum atomic E-state index is -0.721. The largest absolute Gasteiger partial charge is 0.456 e. The molecule has 0 radical (unpaired) electrons. The summed E-state index contributed by atoms with van der Waals surface area (Å²) in [6.07, 6.45) is 0.593. The van der Waals surface area contributed by atoms with Crippen molar-refractivity contribution in [1.29, 1.82) is 0 Å². The molecule has 2 rings (SSSR count). The summed E-state index contributed by atoms with van der Waals surface area (Å²) in [4.78, 5) is 46.1. The lowest BCUT2D eigenvalue weighted by Gasteiger charge is -2.17. The predicted octanol–water partition coefficient (Wildman–Crippen LogP) is 2.05. The molecule has 8 nitrogen and oxygen atoms in total. The van der Waals surface area contributed by atoms with Gasteiger partial charge in [0.25, 0.3) is 5.91 Å². The number of ketones is 1. The van der Waals surface area contributed by atoms with Gasteiger partial charge in [0.05, 0.1) is 6.42 Å². The van der Waals surface area contributed by atoms with E-state index in [1.165, 1.54) is 0 Å². The fraction of sp³-hybridized carbons (Fsp3) is 0.526.